The second-order valence-electron chi connectivity index (χ2n) is 4.95. The number of carbonyl (C=O) groups is 1. The minimum atomic E-state index is -3.59. The van der Waals surface area contributed by atoms with E-state index in [0.717, 1.165) is 0 Å². The number of benzene rings is 1. The van der Waals surface area contributed by atoms with Crippen molar-refractivity contribution < 1.29 is 17.9 Å². The van der Waals surface area contributed by atoms with E-state index in [-0.39, 0.29) is 16.7 Å². The van der Waals surface area contributed by atoms with E-state index in [1.807, 2.05) is 13.8 Å². The van der Waals surface area contributed by atoms with Gasteiger partial charge in [0, 0.05) is 25.3 Å². The Morgan fingerprint density at radius 1 is 1.29 bits per heavy atom. The number of nitrogens with zero attached hydrogens (tertiary/aromatic N) is 1. The molecule has 5 nitrogen and oxygen atoms in total. The van der Waals surface area contributed by atoms with Gasteiger partial charge >= 0.3 is 0 Å². The first-order chi connectivity index (χ1) is 9.84. The highest BCUT2D eigenvalue weighted by atomic mass is 32.2. The average Bonchev–Trinajstić information content (AvgIpc) is 2.47. The first-order valence-corrected chi connectivity index (χ1v) is 8.40. The van der Waals surface area contributed by atoms with Gasteiger partial charge in [-0.1, -0.05) is 19.1 Å². The molecule has 1 rings (SSSR count). The summed E-state index contributed by atoms with van der Waals surface area (Å²) in [6, 6.07) is 5.93. The standard InChI is InChI=1S/C15H23NO4S/c1-5-12(2)16(10-11-20-4)21(18,19)15-8-6-14(7-9-15)13(3)17/h6-9,12H,5,10-11H2,1-4H3. The van der Waals surface area contributed by atoms with Gasteiger partial charge in [-0.2, -0.15) is 4.31 Å². The molecule has 0 aliphatic carbocycles. The summed E-state index contributed by atoms with van der Waals surface area (Å²) in [7, 11) is -2.04. The van der Waals surface area contributed by atoms with Gasteiger partial charge in [-0.25, -0.2) is 8.42 Å². The minimum Gasteiger partial charge on any atom is -0.383 e. The number of methoxy groups -OCH3 is 1. The van der Waals surface area contributed by atoms with Crippen molar-refractivity contribution in [2.45, 2.75) is 38.1 Å². The summed E-state index contributed by atoms with van der Waals surface area (Å²) in [6.45, 7) is 5.92. The van der Waals surface area contributed by atoms with Crippen LogP contribution in [0.2, 0.25) is 0 Å². The number of ketones is 1. The van der Waals surface area contributed by atoms with E-state index in [1.54, 1.807) is 19.2 Å². The van der Waals surface area contributed by atoms with Crippen molar-refractivity contribution in [1.82, 2.24) is 4.31 Å². The molecule has 1 atom stereocenters. The monoisotopic (exact) mass is 313 g/mol. The van der Waals surface area contributed by atoms with Crippen molar-refractivity contribution in [3.63, 3.8) is 0 Å². The summed E-state index contributed by atoms with van der Waals surface area (Å²) in [5.74, 6) is -0.0860. The predicted molar refractivity (Wildman–Crippen MR) is 82.0 cm³/mol. The predicted octanol–water partition coefficient (Wildman–Crippen LogP) is 2.32. The summed E-state index contributed by atoms with van der Waals surface area (Å²) in [4.78, 5) is 11.5. The van der Waals surface area contributed by atoms with Gasteiger partial charge in [0.25, 0.3) is 0 Å². The lowest BCUT2D eigenvalue weighted by atomic mass is 10.2. The third kappa shape index (κ3) is 4.36. The van der Waals surface area contributed by atoms with Gasteiger partial charge in [-0.05, 0) is 32.4 Å². The molecule has 0 fully saturated rings. The normalized spacial score (nSPS) is 13.4. The Kier molecular flexibility index (Phi) is 6.51. The fraction of sp³-hybridized carbons (Fsp3) is 0.533. The van der Waals surface area contributed by atoms with Crippen LogP contribution in [-0.2, 0) is 14.8 Å². The van der Waals surface area contributed by atoms with Crippen molar-refractivity contribution in [3.05, 3.63) is 29.8 Å². The van der Waals surface area contributed by atoms with E-state index in [2.05, 4.69) is 0 Å². The van der Waals surface area contributed by atoms with Crippen LogP contribution in [0.15, 0.2) is 29.2 Å². The Morgan fingerprint density at radius 3 is 2.29 bits per heavy atom. The van der Waals surface area contributed by atoms with Crippen LogP contribution in [0.3, 0.4) is 0 Å². The molecule has 0 aromatic heterocycles. The van der Waals surface area contributed by atoms with Gasteiger partial charge in [-0.3, -0.25) is 4.79 Å². The third-order valence-corrected chi connectivity index (χ3v) is 5.49. The zero-order valence-electron chi connectivity index (χ0n) is 13.0. The number of carbonyl (C=O) groups excluding carboxylic acids is 1. The summed E-state index contributed by atoms with van der Waals surface area (Å²) in [5.41, 5.74) is 0.501. The van der Waals surface area contributed by atoms with E-state index >= 15 is 0 Å². The van der Waals surface area contributed by atoms with Crippen molar-refractivity contribution in [2.24, 2.45) is 0 Å². The molecule has 0 spiro atoms. The average molecular weight is 313 g/mol. The van der Waals surface area contributed by atoms with Crippen LogP contribution in [-0.4, -0.2) is 44.8 Å². The molecule has 0 saturated heterocycles. The lowest BCUT2D eigenvalue weighted by Crippen LogP contribution is -2.40. The van der Waals surface area contributed by atoms with Crippen molar-refractivity contribution in [2.75, 3.05) is 20.3 Å². The van der Waals surface area contributed by atoms with Crippen LogP contribution < -0.4 is 0 Å². The van der Waals surface area contributed by atoms with E-state index in [4.69, 9.17) is 4.74 Å². The van der Waals surface area contributed by atoms with Crippen LogP contribution in [0, 0.1) is 0 Å². The summed E-state index contributed by atoms with van der Waals surface area (Å²) < 4.78 is 31.9. The minimum absolute atomic E-state index is 0.0860. The first-order valence-electron chi connectivity index (χ1n) is 6.96. The SMILES string of the molecule is CCC(C)N(CCOC)S(=O)(=O)c1ccc(C(C)=O)cc1. The lowest BCUT2D eigenvalue weighted by Gasteiger charge is -2.27. The molecule has 0 saturated carbocycles. The largest absolute Gasteiger partial charge is 0.383 e. The molecule has 0 aliphatic rings. The first kappa shape index (κ1) is 17.8. The molecule has 0 bridgehead atoms. The van der Waals surface area contributed by atoms with Crippen LogP contribution in [0.5, 0.6) is 0 Å². The number of Topliss-reactive ketones (excluding diaryl/α,β-unsaturated/α-hetero) is 1. The van der Waals surface area contributed by atoms with Gasteiger partial charge in [-0.15, -0.1) is 0 Å². The maximum Gasteiger partial charge on any atom is 0.243 e. The van der Waals surface area contributed by atoms with E-state index in [1.165, 1.54) is 23.4 Å². The number of hydrogen-bond donors (Lipinski definition) is 0. The Hall–Kier alpha value is -1.24. The van der Waals surface area contributed by atoms with Crippen LogP contribution >= 0.6 is 0 Å². The highest BCUT2D eigenvalue weighted by Gasteiger charge is 2.27. The molecular formula is C15H23NO4S. The Bertz CT molecular complexity index is 566. The Balaban J connectivity index is 3.12. The van der Waals surface area contributed by atoms with Gasteiger partial charge < -0.3 is 4.74 Å². The lowest BCUT2D eigenvalue weighted by molar-refractivity contribution is 0.101. The molecule has 21 heavy (non-hydrogen) atoms. The highest BCUT2D eigenvalue weighted by molar-refractivity contribution is 7.89. The fourth-order valence-electron chi connectivity index (χ4n) is 1.96. The molecule has 0 radical (unpaired) electrons. The molecule has 1 aromatic rings. The number of sulfonamides is 1. The second-order valence-corrected chi connectivity index (χ2v) is 6.84. The molecule has 0 N–H and O–H groups in total. The molecule has 0 heterocycles. The summed E-state index contributed by atoms with van der Waals surface area (Å²) >= 11 is 0. The van der Waals surface area contributed by atoms with Gasteiger partial charge in [0.15, 0.2) is 5.78 Å². The maximum absolute atomic E-state index is 12.7. The Labute approximate surface area is 127 Å². The zero-order chi connectivity index (χ0) is 16.0. The number of hydrogen-bond acceptors (Lipinski definition) is 4. The fourth-order valence-corrected chi connectivity index (χ4v) is 3.65. The van der Waals surface area contributed by atoms with Crippen LogP contribution in [0.25, 0.3) is 0 Å². The topological polar surface area (TPSA) is 63.7 Å². The summed E-state index contributed by atoms with van der Waals surface area (Å²) in [5, 5.41) is 0. The van der Waals surface area contributed by atoms with Gasteiger partial charge in [0.05, 0.1) is 11.5 Å². The van der Waals surface area contributed by atoms with Crippen molar-refractivity contribution in [1.29, 1.82) is 0 Å². The van der Waals surface area contributed by atoms with Crippen LogP contribution in [0.1, 0.15) is 37.6 Å². The molecule has 118 valence electrons. The van der Waals surface area contributed by atoms with E-state index in [9.17, 15) is 13.2 Å². The van der Waals surface area contributed by atoms with E-state index < -0.39 is 10.0 Å². The molecule has 1 aromatic carbocycles. The van der Waals surface area contributed by atoms with Gasteiger partial charge in [0.2, 0.25) is 10.0 Å². The van der Waals surface area contributed by atoms with Crippen LogP contribution in [0.4, 0.5) is 0 Å². The highest BCUT2D eigenvalue weighted by Crippen LogP contribution is 2.20. The third-order valence-electron chi connectivity index (χ3n) is 3.47. The second kappa shape index (κ2) is 7.68. The molecule has 0 aliphatic heterocycles. The maximum atomic E-state index is 12.7. The Morgan fingerprint density at radius 2 is 1.86 bits per heavy atom. The van der Waals surface area contributed by atoms with Crippen molar-refractivity contribution in [3.8, 4) is 0 Å². The molecule has 0 amide bonds. The van der Waals surface area contributed by atoms with E-state index in [0.29, 0.717) is 25.1 Å². The zero-order valence-corrected chi connectivity index (χ0v) is 13.8. The molecule has 1 unspecified atom stereocenters. The molecular weight excluding hydrogens is 290 g/mol. The molecule has 6 heteroatoms. The van der Waals surface area contributed by atoms with Crippen molar-refractivity contribution >= 4 is 15.8 Å². The smallest absolute Gasteiger partial charge is 0.243 e. The quantitative estimate of drug-likeness (QED) is 0.691. The number of ether oxygens (including phenoxy) is 1. The summed E-state index contributed by atoms with van der Waals surface area (Å²) in [6.07, 6.45) is 0.717. The number of rotatable bonds is 8. The van der Waals surface area contributed by atoms with Gasteiger partial charge in [0.1, 0.15) is 0 Å².